The minimum atomic E-state index is -0.381. The normalized spacial score (nSPS) is 17.5. The molecule has 1 aliphatic heterocycles. The third-order valence-corrected chi connectivity index (χ3v) is 4.72. The Labute approximate surface area is 141 Å². The number of nitrogens with zero attached hydrogens (tertiary/aromatic N) is 1. The molecule has 122 valence electrons. The molecule has 1 saturated heterocycles. The van der Waals surface area contributed by atoms with Gasteiger partial charge in [-0.1, -0.05) is 36.2 Å². The van der Waals surface area contributed by atoms with Crippen LogP contribution in [-0.4, -0.2) is 36.0 Å². The number of amides is 1. The second-order valence-electron chi connectivity index (χ2n) is 5.60. The van der Waals surface area contributed by atoms with E-state index in [2.05, 4.69) is 0 Å². The molecule has 1 aliphatic rings. The number of hydrogen-bond donors (Lipinski definition) is 1. The van der Waals surface area contributed by atoms with Crippen molar-refractivity contribution in [1.29, 1.82) is 0 Å². The molecule has 6 heteroatoms. The van der Waals surface area contributed by atoms with Crippen LogP contribution in [0.25, 0.3) is 0 Å². The Morgan fingerprint density at radius 2 is 2.05 bits per heavy atom. The van der Waals surface area contributed by atoms with Crippen molar-refractivity contribution >= 4 is 29.1 Å². The van der Waals surface area contributed by atoms with E-state index in [1.54, 1.807) is 6.07 Å². The van der Waals surface area contributed by atoms with Crippen molar-refractivity contribution < 1.29 is 9.53 Å². The quantitative estimate of drug-likeness (QED) is 0.891. The Hall–Kier alpha value is -0.810. The Balaban J connectivity index is 1.78. The van der Waals surface area contributed by atoms with Crippen molar-refractivity contribution in [1.82, 2.24) is 4.90 Å². The summed E-state index contributed by atoms with van der Waals surface area (Å²) in [5.74, 6) is 0.0467. The number of halogens is 2. The van der Waals surface area contributed by atoms with Crippen LogP contribution in [0.5, 0.6) is 0 Å². The third-order valence-electron chi connectivity index (χ3n) is 3.98. The number of nitrogens with two attached hydrogens (primary N) is 1. The van der Waals surface area contributed by atoms with Gasteiger partial charge >= 0.3 is 0 Å². The van der Waals surface area contributed by atoms with Gasteiger partial charge in [0.05, 0.1) is 28.8 Å². The average molecular weight is 345 g/mol. The van der Waals surface area contributed by atoms with Gasteiger partial charge in [-0.3, -0.25) is 4.79 Å². The molecule has 0 bridgehead atoms. The van der Waals surface area contributed by atoms with Crippen molar-refractivity contribution in [2.24, 2.45) is 5.73 Å². The van der Waals surface area contributed by atoms with Crippen LogP contribution in [-0.2, 0) is 16.1 Å². The number of carbonyl (C=O) groups excluding carboxylic acids is 1. The number of hydrogen-bond acceptors (Lipinski definition) is 3. The van der Waals surface area contributed by atoms with Crippen LogP contribution in [0.4, 0.5) is 0 Å². The zero-order valence-electron chi connectivity index (χ0n) is 12.7. The maximum atomic E-state index is 12.0. The summed E-state index contributed by atoms with van der Waals surface area (Å²) in [7, 11) is 0. The Bertz CT molecular complexity index is 517. The van der Waals surface area contributed by atoms with Crippen molar-refractivity contribution in [3.63, 3.8) is 0 Å². The van der Waals surface area contributed by atoms with Gasteiger partial charge in [0.15, 0.2) is 0 Å². The van der Waals surface area contributed by atoms with Crippen LogP contribution in [0, 0.1) is 0 Å². The van der Waals surface area contributed by atoms with E-state index in [-0.39, 0.29) is 18.1 Å². The lowest BCUT2D eigenvalue weighted by Gasteiger charge is -2.33. The molecule has 0 radical (unpaired) electrons. The van der Waals surface area contributed by atoms with E-state index in [1.807, 2.05) is 24.0 Å². The fourth-order valence-electron chi connectivity index (χ4n) is 2.50. The van der Waals surface area contributed by atoms with Crippen LogP contribution in [0.3, 0.4) is 0 Å². The topological polar surface area (TPSA) is 55.6 Å². The Morgan fingerprint density at radius 3 is 2.64 bits per heavy atom. The third kappa shape index (κ3) is 4.59. The molecule has 1 fully saturated rings. The zero-order valence-corrected chi connectivity index (χ0v) is 14.2. The lowest BCUT2D eigenvalue weighted by Crippen LogP contribution is -2.48. The molecule has 0 aliphatic carbocycles. The van der Waals surface area contributed by atoms with Gasteiger partial charge in [0.2, 0.25) is 5.91 Å². The fourth-order valence-corrected chi connectivity index (χ4v) is 2.82. The van der Waals surface area contributed by atoms with Crippen LogP contribution in [0.15, 0.2) is 18.2 Å². The first-order valence-corrected chi connectivity index (χ1v) is 8.36. The smallest absolute Gasteiger partial charge is 0.239 e. The molecule has 1 amide bonds. The molecule has 2 rings (SSSR count). The summed E-state index contributed by atoms with van der Waals surface area (Å²) in [6.45, 7) is 3.84. The van der Waals surface area contributed by atoms with E-state index in [0.29, 0.717) is 36.2 Å². The van der Waals surface area contributed by atoms with E-state index in [0.717, 1.165) is 18.4 Å². The predicted molar refractivity (Wildman–Crippen MR) is 89.1 cm³/mol. The second kappa shape index (κ2) is 8.16. The lowest BCUT2D eigenvalue weighted by molar-refractivity contribution is -0.135. The van der Waals surface area contributed by atoms with Crippen molar-refractivity contribution in [2.45, 2.75) is 44.9 Å². The summed E-state index contributed by atoms with van der Waals surface area (Å²) < 4.78 is 5.91. The van der Waals surface area contributed by atoms with Crippen LogP contribution >= 0.6 is 23.2 Å². The first-order valence-electron chi connectivity index (χ1n) is 7.61. The highest BCUT2D eigenvalue weighted by Gasteiger charge is 2.25. The molecular formula is C16H22Cl2N2O2. The summed E-state index contributed by atoms with van der Waals surface area (Å²) in [5, 5.41) is 1.08. The Morgan fingerprint density at radius 1 is 1.36 bits per heavy atom. The maximum Gasteiger partial charge on any atom is 0.239 e. The molecule has 1 atom stereocenters. The van der Waals surface area contributed by atoms with Crippen molar-refractivity contribution in [2.75, 3.05) is 13.1 Å². The monoisotopic (exact) mass is 344 g/mol. The molecule has 1 aromatic carbocycles. The molecular weight excluding hydrogens is 323 g/mol. The molecule has 1 aromatic rings. The SMILES string of the molecule is CC[C@@H](N)C(=O)N1CCC(OCc2ccc(Cl)c(Cl)c2)CC1. The molecule has 0 aromatic heterocycles. The minimum Gasteiger partial charge on any atom is -0.373 e. The molecule has 0 spiro atoms. The summed E-state index contributed by atoms with van der Waals surface area (Å²) in [6, 6.07) is 5.13. The van der Waals surface area contributed by atoms with E-state index in [1.165, 1.54) is 0 Å². The zero-order chi connectivity index (χ0) is 16.1. The minimum absolute atomic E-state index is 0.0467. The molecule has 22 heavy (non-hydrogen) atoms. The maximum absolute atomic E-state index is 12.0. The van der Waals surface area contributed by atoms with Gasteiger partial charge in [-0.05, 0) is 37.0 Å². The molecule has 0 unspecified atom stereocenters. The van der Waals surface area contributed by atoms with E-state index >= 15 is 0 Å². The van der Waals surface area contributed by atoms with Gasteiger partial charge in [-0.25, -0.2) is 0 Å². The number of benzene rings is 1. The van der Waals surface area contributed by atoms with Crippen LogP contribution in [0.1, 0.15) is 31.7 Å². The van der Waals surface area contributed by atoms with Gasteiger partial charge in [0.25, 0.3) is 0 Å². The summed E-state index contributed by atoms with van der Waals surface area (Å²) >= 11 is 11.9. The van der Waals surface area contributed by atoms with E-state index < -0.39 is 0 Å². The summed E-state index contributed by atoms with van der Waals surface area (Å²) in [5.41, 5.74) is 6.80. The van der Waals surface area contributed by atoms with Gasteiger partial charge in [0.1, 0.15) is 0 Å². The summed E-state index contributed by atoms with van der Waals surface area (Å²) in [6.07, 6.45) is 2.51. The molecule has 1 heterocycles. The molecule has 0 saturated carbocycles. The number of piperidine rings is 1. The predicted octanol–water partition coefficient (Wildman–Crippen LogP) is 3.24. The van der Waals surface area contributed by atoms with Gasteiger partial charge in [-0.2, -0.15) is 0 Å². The van der Waals surface area contributed by atoms with Crippen molar-refractivity contribution in [3.8, 4) is 0 Å². The van der Waals surface area contributed by atoms with Gasteiger partial charge in [-0.15, -0.1) is 0 Å². The first-order chi connectivity index (χ1) is 10.5. The molecule has 4 nitrogen and oxygen atoms in total. The highest BCUT2D eigenvalue weighted by atomic mass is 35.5. The number of rotatable bonds is 5. The van der Waals surface area contributed by atoms with Gasteiger partial charge < -0.3 is 15.4 Å². The number of ether oxygens (including phenoxy) is 1. The van der Waals surface area contributed by atoms with Crippen LogP contribution < -0.4 is 5.73 Å². The summed E-state index contributed by atoms with van der Waals surface area (Å²) in [4.78, 5) is 13.9. The largest absolute Gasteiger partial charge is 0.373 e. The molecule has 2 N–H and O–H groups in total. The van der Waals surface area contributed by atoms with Crippen molar-refractivity contribution in [3.05, 3.63) is 33.8 Å². The highest BCUT2D eigenvalue weighted by molar-refractivity contribution is 6.42. The van der Waals surface area contributed by atoms with Crippen LogP contribution in [0.2, 0.25) is 10.0 Å². The number of likely N-dealkylation sites (tertiary alicyclic amines) is 1. The fraction of sp³-hybridized carbons (Fsp3) is 0.562. The second-order valence-corrected chi connectivity index (χ2v) is 6.41. The Kier molecular flexibility index (Phi) is 6.50. The standard InChI is InChI=1S/C16H22Cl2N2O2/c1-2-15(19)16(21)20-7-5-12(6-8-20)22-10-11-3-4-13(17)14(18)9-11/h3-4,9,12,15H,2,5-8,10,19H2,1H3/t15-/m1/s1. The highest BCUT2D eigenvalue weighted by Crippen LogP contribution is 2.24. The average Bonchev–Trinajstić information content (AvgIpc) is 2.55. The lowest BCUT2D eigenvalue weighted by atomic mass is 10.1. The first kappa shape index (κ1) is 17.5. The number of carbonyl (C=O) groups is 1. The van der Waals surface area contributed by atoms with Gasteiger partial charge in [0, 0.05) is 13.1 Å². The van der Waals surface area contributed by atoms with E-state index in [4.69, 9.17) is 33.7 Å². The van der Waals surface area contributed by atoms with E-state index in [9.17, 15) is 4.79 Å².